The Balaban J connectivity index is 2.02. The Bertz CT molecular complexity index is 704. The van der Waals surface area contributed by atoms with Gasteiger partial charge in [-0.15, -0.1) is 0 Å². The number of hydrogen-bond donors (Lipinski definition) is 2. The van der Waals surface area contributed by atoms with Crippen LogP contribution in [0.5, 0.6) is 0 Å². The third-order valence-corrected chi connectivity index (χ3v) is 3.63. The molecule has 2 aromatic rings. The predicted molar refractivity (Wildman–Crippen MR) is 91.3 cm³/mol. The van der Waals surface area contributed by atoms with Crippen molar-refractivity contribution in [2.75, 3.05) is 5.32 Å². The lowest BCUT2D eigenvalue weighted by atomic mass is 10.2. The Morgan fingerprint density at radius 3 is 2.52 bits per heavy atom. The number of rotatable bonds is 2. The maximum Gasteiger partial charge on any atom is 0.257 e. The molecule has 108 valence electrons. The van der Waals surface area contributed by atoms with Crippen molar-refractivity contribution in [3.05, 3.63) is 63.6 Å². The molecule has 0 aromatic heterocycles. The molecule has 2 aromatic carbocycles. The van der Waals surface area contributed by atoms with Crippen LogP contribution in [0, 0.1) is 6.92 Å². The molecule has 0 fully saturated rings. The zero-order valence-electron chi connectivity index (χ0n) is 11.1. The predicted octanol–water partition coefficient (Wildman–Crippen LogP) is 4.43. The molecule has 21 heavy (non-hydrogen) atoms. The van der Waals surface area contributed by atoms with Crippen LogP contribution < -0.4 is 10.6 Å². The number of thiocarbonyl (C=S) groups is 1. The summed E-state index contributed by atoms with van der Waals surface area (Å²) in [5.74, 6) is -0.348. The van der Waals surface area contributed by atoms with Crippen LogP contribution in [0.3, 0.4) is 0 Å². The molecule has 2 rings (SSSR count). The highest BCUT2D eigenvalue weighted by molar-refractivity contribution is 7.80. The zero-order valence-corrected chi connectivity index (χ0v) is 13.4. The van der Waals surface area contributed by atoms with Gasteiger partial charge in [-0.25, -0.2) is 0 Å². The first-order valence-corrected chi connectivity index (χ1v) is 7.26. The number of carbonyl (C=O) groups is 1. The van der Waals surface area contributed by atoms with Gasteiger partial charge in [0.2, 0.25) is 0 Å². The summed E-state index contributed by atoms with van der Waals surface area (Å²) < 4.78 is 0. The molecular weight excluding hydrogens is 327 g/mol. The molecule has 0 saturated carbocycles. The van der Waals surface area contributed by atoms with Gasteiger partial charge in [0.15, 0.2) is 5.11 Å². The fourth-order valence-corrected chi connectivity index (χ4v) is 2.21. The number of aryl methyl sites for hydroxylation is 1. The minimum Gasteiger partial charge on any atom is -0.332 e. The SMILES string of the molecule is Cc1cccc(NC(=S)NC(=O)c2ccc(Cl)c(Cl)c2)c1. The smallest absolute Gasteiger partial charge is 0.257 e. The third-order valence-electron chi connectivity index (χ3n) is 2.68. The van der Waals surface area contributed by atoms with E-state index in [1.54, 1.807) is 12.1 Å². The lowest BCUT2D eigenvalue weighted by molar-refractivity contribution is 0.0978. The number of amides is 1. The van der Waals surface area contributed by atoms with Crippen LogP contribution in [0.15, 0.2) is 42.5 Å². The lowest BCUT2D eigenvalue weighted by Gasteiger charge is -2.10. The highest BCUT2D eigenvalue weighted by atomic mass is 35.5. The van der Waals surface area contributed by atoms with E-state index in [0.29, 0.717) is 15.6 Å². The number of carbonyl (C=O) groups excluding carboxylic acids is 1. The summed E-state index contributed by atoms with van der Waals surface area (Å²) >= 11 is 16.8. The average molecular weight is 339 g/mol. The van der Waals surface area contributed by atoms with E-state index in [1.807, 2.05) is 31.2 Å². The second kappa shape index (κ2) is 6.89. The van der Waals surface area contributed by atoms with Crippen LogP contribution in [-0.4, -0.2) is 11.0 Å². The second-order valence-electron chi connectivity index (χ2n) is 4.41. The zero-order chi connectivity index (χ0) is 15.4. The van der Waals surface area contributed by atoms with Crippen LogP contribution in [0.1, 0.15) is 15.9 Å². The average Bonchev–Trinajstić information content (AvgIpc) is 2.41. The molecule has 0 aliphatic rings. The van der Waals surface area contributed by atoms with Crippen LogP contribution in [0.2, 0.25) is 10.0 Å². The molecule has 0 radical (unpaired) electrons. The molecule has 0 saturated heterocycles. The van der Waals surface area contributed by atoms with E-state index in [9.17, 15) is 4.79 Å². The first kappa shape index (κ1) is 15.8. The van der Waals surface area contributed by atoms with Crippen LogP contribution >= 0.6 is 35.4 Å². The first-order chi connectivity index (χ1) is 9.95. The summed E-state index contributed by atoms with van der Waals surface area (Å²) in [6.07, 6.45) is 0. The molecular formula is C15H12Cl2N2OS. The van der Waals surface area contributed by atoms with Crippen LogP contribution in [0.4, 0.5) is 5.69 Å². The van der Waals surface area contributed by atoms with Gasteiger partial charge in [0.1, 0.15) is 0 Å². The van der Waals surface area contributed by atoms with Gasteiger partial charge >= 0.3 is 0 Å². The minimum absolute atomic E-state index is 0.219. The molecule has 6 heteroatoms. The molecule has 1 amide bonds. The molecule has 0 atom stereocenters. The molecule has 3 nitrogen and oxygen atoms in total. The van der Waals surface area contributed by atoms with E-state index in [2.05, 4.69) is 10.6 Å². The molecule has 0 bridgehead atoms. The van der Waals surface area contributed by atoms with Crippen molar-refractivity contribution in [2.45, 2.75) is 6.92 Å². The van der Waals surface area contributed by atoms with Crippen LogP contribution in [-0.2, 0) is 0 Å². The van der Waals surface area contributed by atoms with E-state index in [4.69, 9.17) is 35.4 Å². The normalized spacial score (nSPS) is 10.0. The van der Waals surface area contributed by atoms with Crippen molar-refractivity contribution in [2.24, 2.45) is 0 Å². The maximum atomic E-state index is 12.0. The van der Waals surface area contributed by atoms with Gasteiger partial charge in [-0.2, -0.15) is 0 Å². The van der Waals surface area contributed by atoms with Crippen LogP contribution in [0.25, 0.3) is 0 Å². The Labute approximate surface area is 138 Å². The van der Waals surface area contributed by atoms with E-state index in [-0.39, 0.29) is 11.0 Å². The number of benzene rings is 2. The number of anilines is 1. The molecule has 0 heterocycles. The maximum absolute atomic E-state index is 12.0. The van der Waals surface area contributed by atoms with Gasteiger partial charge in [0.05, 0.1) is 10.0 Å². The molecule has 0 spiro atoms. The highest BCUT2D eigenvalue weighted by Crippen LogP contribution is 2.22. The summed E-state index contributed by atoms with van der Waals surface area (Å²) in [4.78, 5) is 12.0. The van der Waals surface area contributed by atoms with Crippen molar-refractivity contribution in [1.29, 1.82) is 0 Å². The van der Waals surface area contributed by atoms with Crippen molar-refractivity contribution >= 4 is 52.1 Å². The summed E-state index contributed by atoms with van der Waals surface area (Å²) in [6.45, 7) is 1.97. The van der Waals surface area contributed by atoms with Gasteiger partial charge in [-0.1, -0.05) is 35.3 Å². The Morgan fingerprint density at radius 1 is 1.10 bits per heavy atom. The Morgan fingerprint density at radius 2 is 1.86 bits per heavy atom. The largest absolute Gasteiger partial charge is 0.332 e. The number of hydrogen-bond acceptors (Lipinski definition) is 2. The topological polar surface area (TPSA) is 41.1 Å². The molecule has 0 aliphatic carbocycles. The van der Waals surface area contributed by atoms with Crippen molar-refractivity contribution < 1.29 is 4.79 Å². The fraction of sp³-hybridized carbons (Fsp3) is 0.0667. The van der Waals surface area contributed by atoms with Gasteiger partial charge in [0, 0.05) is 11.3 Å². The van der Waals surface area contributed by atoms with Crippen molar-refractivity contribution in [1.82, 2.24) is 5.32 Å². The molecule has 0 unspecified atom stereocenters. The number of nitrogens with one attached hydrogen (secondary N) is 2. The Kier molecular flexibility index (Phi) is 5.17. The van der Waals surface area contributed by atoms with E-state index < -0.39 is 0 Å². The van der Waals surface area contributed by atoms with Crippen molar-refractivity contribution in [3.8, 4) is 0 Å². The third kappa shape index (κ3) is 4.43. The molecule has 0 aliphatic heterocycles. The summed E-state index contributed by atoms with van der Waals surface area (Å²) in [7, 11) is 0. The quantitative estimate of drug-likeness (QED) is 0.796. The fourth-order valence-electron chi connectivity index (χ4n) is 1.70. The number of halogens is 2. The van der Waals surface area contributed by atoms with E-state index in [1.165, 1.54) is 6.07 Å². The lowest BCUT2D eigenvalue weighted by Crippen LogP contribution is -2.34. The van der Waals surface area contributed by atoms with Gasteiger partial charge in [-0.3, -0.25) is 10.1 Å². The standard InChI is InChI=1S/C15H12Cl2N2OS/c1-9-3-2-4-11(7-9)18-15(21)19-14(20)10-5-6-12(16)13(17)8-10/h2-8H,1H3,(H2,18,19,20,21). The second-order valence-corrected chi connectivity index (χ2v) is 5.63. The van der Waals surface area contributed by atoms with E-state index >= 15 is 0 Å². The van der Waals surface area contributed by atoms with E-state index in [0.717, 1.165) is 11.3 Å². The molecule has 2 N–H and O–H groups in total. The summed E-state index contributed by atoms with van der Waals surface area (Å²) in [5.41, 5.74) is 2.30. The highest BCUT2D eigenvalue weighted by Gasteiger charge is 2.10. The summed E-state index contributed by atoms with van der Waals surface area (Å²) in [5, 5.41) is 6.48. The van der Waals surface area contributed by atoms with Gasteiger partial charge in [-0.05, 0) is 55.0 Å². The Hall–Kier alpha value is -1.62. The monoisotopic (exact) mass is 338 g/mol. The van der Waals surface area contributed by atoms with Crippen molar-refractivity contribution in [3.63, 3.8) is 0 Å². The summed E-state index contributed by atoms with van der Waals surface area (Å²) in [6, 6.07) is 12.3. The van der Waals surface area contributed by atoms with Gasteiger partial charge < -0.3 is 5.32 Å². The minimum atomic E-state index is -0.348. The van der Waals surface area contributed by atoms with Gasteiger partial charge in [0.25, 0.3) is 5.91 Å². The first-order valence-electron chi connectivity index (χ1n) is 6.10.